The molecule has 6 heteroatoms. The highest BCUT2D eigenvalue weighted by molar-refractivity contribution is 6.46. The third-order valence-electron chi connectivity index (χ3n) is 5.56. The molecule has 1 N–H and O–H groups in total. The van der Waals surface area contributed by atoms with Gasteiger partial charge in [0, 0.05) is 13.7 Å². The maximum absolute atomic E-state index is 13.1. The summed E-state index contributed by atoms with van der Waals surface area (Å²) < 4.78 is 10.5. The van der Waals surface area contributed by atoms with Crippen LogP contribution in [0, 0.1) is 0 Å². The summed E-state index contributed by atoms with van der Waals surface area (Å²) in [5, 5.41) is 13.1. The smallest absolute Gasteiger partial charge is 0.295 e. The topological polar surface area (TPSA) is 76.1 Å². The predicted octanol–water partition coefficient (Wildman–Crippen LogP) is 3.92. The van der Waals surface area contributed by atoms with Crippen LogP contribution in [0.5, 0.6) is 5.75 Å². The van der Waals surface area contributed by atoms with Gasteiger partial charge in [0.1, 0.15) is 11.5 Å². The zero-order valence-electron chi connectivity index (χ0n) is 17.4. The molecule has 31 heavy (non-hydrogen) atoms. The molecule has 0 aliphatic carbocycles. The van der Waals surface area contributed by atoms with Gasteiger partial charge in [0.2, 0.25) is 0 Å². The number of methoxy groups -OCH3 is 2. The van der Waals surface area contributed by atoms with Crippen molar-refractivity contribution in [2.45, 2.75) is 6.04 Å². The molecule has 1 aliphatic rings. The van der Waals surface area contributed by atoms with Crippen molar-refractivity contribution in [3.05, 3.63) is 83.4 Å². The molecular weight excluding hydrogens is 394 g/mol. The molecule has 0 aromatic heterocycles. The molecule has 1 saturated heterocycles. The number of fused-ring (bicyclic) bond motifs is 1. The van der Waals surface area contributed by atoms with Gasteiger partial charge in [0.05, 0.1) is 30.9 Å². The summed E-state index contributed by atoms with van der Waals surface area (Å²) in [6.07, 6.45) is 0. The summed E-state index contributed by atoms with van der Waals surface area (Å²) in [7, 11) is 3.03. The number of Topliss-reactive ketones (excluding diaryl/α,β-unsaturated/α-hetero) is 1. The van der Waals surface area contributed by atoms with E-state index in [0.29, 0.717) is 11.3 Å². The Bertz CT molecular complexity index is 1180. The molecule has 0 saturated carbocycles. The van der Waals surface area contributed by atoms with Crippen LogP contribution in [0.2, 0.25) is 0 Å². The number of aliphatic hydroxyl groups excluding tert-OH is 1. The Morgan fingerprint density at radius 1 is 0.968 bits per heavy atom. The summed E-state index contributed by atoms with van der Waals surface area (Å²) >= 11 is 0. The first-order valence-electron chi connectivity index (χ1n) is 9.97. The van der Waals surface area contributed by atoms with Crippen molar-refractivity contribution in [1.29, 1.82) is 0 Å². The van der Waals surface area contributed by atoms with Crippen LogP contribution in [0.1, 0.15) is 17.2 Å². The van der Waals surface area contributed by atoms with E-state index in [4.69, 9.17) is 9.47 Å². The minimum Gasteiger partial charge on any atom is -0.507 e. The van der Waals surface area contributed by atoms with Gasteiger partial charge < -0.3 is 19.5 Å². The number of rotatable bonds is 6. The lowest BCUT2D eigenvalue weighted by Crippen LogP contribution is -2.32. The molecule has 1 atom stereocenters. The molecular formula is C25H23NO5. The van der Waals surface area contributed by atoms with Crippen LogP contribution in [-0.2, 0) is 14.3 Å². The standard InChI is InChI=1S/C25H23NO5/c1-30-15-14-26-22(18-12-7-9-16-8-3-4-10-17(16)18)21(24(28)25(26)29)23(27)19-11-5-6-13-20(19)31-2/h3-13,22,27H,14-15H2,1-2H3/b23-21+. The number of benzene rings is 3. The van der Waals surface area contributed by atoms with Gasteiger partial charge in [-0.05, 0) is 28.5 Å². The lowest BCUT2D eigenvalue weighted by molar-refractivity contribution is -0.140. The number of amides is 1. The normalized spacial score (nSPS) is 18.0. The summed E-state index contributed by atoms with van der Waals surface area (Å²) in [5.74, 6) is -1.22. The second kappa shape index (κ2) is 8.62. The van der Waals surface area contributed by atoms with Gasteiger partial charge in [-0.25, -0.2) is 0 Å². The highest BCUT2D eigenvalue weighted by atomic mass is 16.5. The molecule has 0 bridgehead atoms. The fourth-order valence-electron chi connectivity index (χ4n) is 4.10. The van der Waals surface area contributed by atoms with E-state index in [0.717, 1.165) is 16.3 Å². The number of ketones is 1. The molecule has 6 nitrogen and oxygen atoms in total. The molecule has 0 radical (unpaired) electrons. The number of para-hydroxylation sites is 1. The van der Waals surface area contributed by atoms with Gasteiger partial charge in [0.15, 0.2) is 0 Å². The highest BCUT2D eigenvalue weighted by Crippen LogP contribution is 2.42. The van der Waals surface area contributed by atoms with Gasteiger partial charge >= 0.3 is 0 Å². The number of hydrogen-bond acceptors (Lipinski definition) is 5. The SMILES string of the molecule is COCCN1C(=O)C(=O)/C(=C(/O)c2ccccc2OC)C1c1cccc2ccccc12. The fourth-order valence-corrected chi connectivity index (χ4v) is 4.10. The Labute approximate surface area is 180 Å². The number of aliphatic hydroxyl groups is 1. The zero-order valence-corrected chi connectivity index (χ0v) is 17.4. The quantitative estimate of drug-likeness (QED) is 0.374. The average molecular weight is 417 g/mol. The lowest BCUT2D eigenvalue weighted by Gasteiger charge is -2.26. The fraction of sp³-hybridized carbons (Fsp3) is 0.200. The first-order chi connectivity index (χ1) is 15.1. The average Bonchev–Trinajstić information content (AvgIpc) is 3.06. The predicted molar refractivity (Wildman–Crippen MR) is 118 cm³/mol. The Morgan fingerprint density at radius 2 is 1.68 bits per heavy atom. The van der Waals surface area contributed by atoms with Crippen molar-refractivity contribution < 1.29 is 24.2 Å². The minimum atomic E-state index is -0.744. The maximum Gasteiger partial charge on any atom is 0.295 e. The maximum atomic E-state index is 13.1. The van der Waals surface area contributed by atoms with Gasteiger partial charge in [-0.1, -0.05) is 54.6 Å². The van der Waals surface area contributed by atoms with Crippen LogP contribution < -0.4 is 4.74 Å². The Morgan fingerprint density at radius 3 is 2.45 bits per heavy atom. The first kappa shape index (κ1) is 20.6. The van der Waals surface area contributed by atoms with Gasteiger partial charge in [0.25, 0.3) is 11.7 Å². The number of nitrogens with zero attached hydrogens (tertiary/aromatic N) is 1. The van der Waals surface area contributed by atoms with Crippen molar-refractivity contribution in [3.63, 3.8) is 0 Å². The zero-order chi connectivity index (χ0) is 22.0. The Kier molecular flexibility index (Phi) is 5.73. The van der Waals surface area contributed by atoms with Crippen molar-refractivity contribution in [3.8, 4) is 5.75 Å². The Hall–Kier alpha value is -3.64. The van der Waals surface area contributed by atoms with Crippen LogP contribution >= 0.6 is 0 Å². The molecule has 4 rings (SSSR count). The third kappa shape index (κ3) is 3.55. The van der Waals surface area contributed by atoms with E-state index in [2.05, 4.69) is 0 Å². The van der Waals surface area contributed by atoms with E-state index in [9.17, 15) is 14.7 Å². The second-order valence-corrected chi connectivity index (χ2v) is 7.25. The van der Waals surface area contributed by atoms with Gasteiger partial charge in [-0.2, -0.15) is 0 Å². The van der Waals surface area contributed by atoms with Crippen molar-refractivity contribution >= 4 is 28.2 Å². The lowest BCUT2D eigenvalue weighted by atomic mass is 9.91. The van der Waals surface area contributed by atoms with E-state index in [1.165, 1.54) is 12.0 Å². The molecule has 1 unspecified atom stereocenters. The summed E-state index contributed by atoms with van der Waals surface area (Å²) in [4.78, 5) is 27.6. The highest BCUT2D eigenvalue weighted by Gasteiger charge is 2.46. The molecule has 158 valence electrons. The van der Waals surface area contributed by atoms with Crippen molar-refractivity contribution in [1.82, 2.24) is 4.90 Å². The monoisotopic (exact) mass is 417 g/mol. The minimum absolute atomic E-state index is 0.0435. The van der Waals surface area contributed by atoms with E-state index in [1.54, 1.807) is 31.4 Å². The molecule has 3 aromatic rings. The van der Waals surface area contributed by atoms with Crippen molar-refractivity contribution in [2.24, 2.45) is 0 Å². The molecule has 3 aromatic carbocycles. The van der Waals surface area contributed by atoms with Crippen LogP contribution in [0.4, 0.5) is 0 Å². The van der Waals surface area contributed by atoms with Crippen molar-refractivity contribution in [2.75, 3.05) is 27.4 Å². The van der Waals surface area contributed by atoms with E-state index in [1.807, 2.05) is 42.5 Å². The second-order valence-electron chi connectivity index (χ2n) is 7.25. The van der Waals surface area contributed by atoms with Crippen LogP contribution in [0.25, 0.3) is 16.5 Å². The Balaban J connectivity index is 1.98. The summed E-state index contributed by atoms with van der Waals surface area (Å²) in [6, 6.07) is 19.6. The molecule has 1 amide bonds. The molecule has 1 fully saturated rings. The molecule has 1 aliphatic heterocycles. The number of likely N-dealkylation sites (tertiary alicyclic amines) is 1. The van der Waals surface area contributed by atoms with E-state index >= 15 is 0 Å². The molecule has 0 spiro atoms. The van der Waals surface area contributed by atoms with Crippen LogP contribution in [0.15, 0.2) is 72.3 Å². The number of carbonyl (C=O) groups excluding carboxylic acids is 2. The summed E-state index contributed by atoms with van der Waals surface area (Å²) in [5.41, 5.74) is 1.17. The summed E-state index contributed by atoms with van der Waals surface area (Å²) in [6.45, 7) is 0.487. The molecule has 1 heterocycles. The van der Waals surface area contributed by atoms with Crippen LogP contribution in [-0.4, -0.2) is 49.1 Å². The van der Waals surface area contributed by atoms with Gasteiger partial charge in [-0.3, -0.25) is 9.59 Å². The largest absolute Gasteiger partial charge is 0.507 e. The van der Waals surface area contributed by atoms with E-state index in [-0.39, 0.29) is 24.5 Å². The number of ether oxygens (including phenoxy) is 2. The first-order valence-corrected chi connectivity index (χ1v) is 9.97. The third-order valence-corrected chi connectivity index (χ3v) is 5.56. The van der Waals surface area contributed by atoms with Gasteiger partial charge in [-0.15, -0.1) is 0 Å². The number of hydrogen-bond donors (Lipinski definition) is 1. The van der Waals surface area contributed by atoms with E-state index < -0.39 is 17.7 Å². The number of carbonyl (C=O) groups is 2. The van der Waals surface area contributed by atoms with Crippen LogP contribution in [0.3, 0.4) is 0 Å².